The Morgan fingerprint density at radius 3 is 2.25 bits per heavy atom. The number of rotatable bonds is 4. The number of nitrogens with zero attached hydrogens (tertiary/aromatic N) is 1. The summed E-state index contributed by atoms with van der Waals surface area (Å²) in [6.07, 6.45) is 2.21. The molecule has 1 aliphatic heterocycles. The molecule has 2 aliphatic rings. The van der Waals surface area contributed by atoms with Crippen molar-refractivity contribution in [1.29, 1.82) is 0 Å². The highest BCUT2D eigenvalue weighted by Gasteiger charge is 2.56. The van der Waals surface area contributed by atoms with Crippen LogP contribution in [0.25, 0.3) is 0 Å². The van der Waals surface area contributed by atoms with Crippen molar-refractivity contribution in [1.82, 2.24) is 10.2 Å². The number of carbonyl (C=O) groups is 1. The molecule has 2 fully saturated rings. The summed E-state index contributed by atoms with van der Waals surface area (Å²) >= 11 is 0. The number of hydrogen-bond donors (Lipinski definition) is 1. The average molecular weight is 320 g/mol. The highest BCUT2D eigenvalue weighted by Crippen LogP contribution is 2.59. The summed E-state index contributed by atoms with van der Waals surface area (Å²) in [5.41, 5.74) is 2.92. The lowest BCUT2D eigenvalue weighted by molar-refractivity contribution is -0.121. The van der Waals surface area contributed by atoms with Crippen molar-refractivity contribution in [3.05, 3.63) is 71.8 Å². The quantitative estimate of drug-likeness (QED) is 0.939. The molecule has 0 radical (unpaired) electrons. The van der Waals surface area contributed by atoms with Gasteiger partial charge in [-0.3, -0.25) is 9.69 Å². The van der Waals surface area contributed by atoms with Crippen LogP contribution in [0.2, 0.25) is 0 Å². The van der Waals surface area contributed by atoms with Crippen LogP contribution in [-0.2, 0) is 10.2 Å². The number of carbonyl (C=O) groups excluding carboxylic acids is 1. The Balaban J connectivity index is 1.59. The van der Waals surface area contributed by atoms with Crippen LogP contribution in [0.5, 0.6) is 0 Å². The van der Waals surface area contributed by atoms with E-state index in [1.54, 1.807) is 0 Å². The number of nitrogens with one attached hydrogen (secondary N) is 1. The van der Waals surface area contributed by atoms with Crippen molar-refractivity contribution in [3.63, 3.8) is 0 Å². The molecule has 1 atom stereocenters. The predicted octanol–water partition coefficient (Wildman–Crippen LogP) is 2.81. The summed E-state index contributed by atoms with van der Waals surface area (Å²) in [6, 6.07) is 21.7. The third-order valence-electron chi connectivity index (χ3n) is 5.50. The number of hydrogen-bond acceptors (Lipinski definition) is 2. The summed E-state index contributed by atoms with van der Waals surface area (Å²) in [4.78, 5) is 14.2. The van der Waals surface area contributed by atoms with Gasteiger partial charge in [-0.2, -0.15) is 0 Å². The zero-order valence-corrected chi connectivity index (χ0v) is 13.9. The van der Waals surface area contributed by atoms with Crippen molar-refractivity contribution in [2.24, 2.45) is 5.92 Å². The number of benzene rings is 2. The molecule has 1 aliphatic carbocycles. The standard InChI is InChI=1S/C21H24N2O/c24-20-16-23(13-7-12-22-20)15-19-14-21(19,17-8-3-1-4-9-17)18-10-5-2-6-11-18/h1-6,8-11,19H,7,12-16H2,(H,22,24)/t19-/m1/s1. The summed E-state index contributed by atoms with van der Waals surface area (Å²) in [5.74, 6) is 0.742. The first-order valence-electron chi connectivity index (χ1n) is 8.89. The van der Waals surface area contributed by atoms with Crippen molar-refractivity contribution in [3.8, 4) is 0 Å². The van der Waals surface area contributed by atoms with Gasteiger partial charge in [0.15, 0.2) is 0 Å². The van der Waals surface area contributed by atoms with Gasteiger partial charge in [-0.1, -0.05) is 60.7 Å². The molecular formula is C21H24N2O. The minimum Gasteiger partial charge on any atom is -0.355 e. The highest BCUT2D eigenvalue weighted by molar-refractivity contribution is 5.78. The number of amides is 1. The van der Waals surface area contributed by atoms with E-state index < -0.39 is 0 Å². The van der Waals surface area contributed by atoms with Gasteiger partial charge in [-0.15, -0.1) is 0 Å². The third-order valence-corrected chi connectivity index (χ3v) is 5.50. The van der Waals surface area contributed by atoms with E-state index >= 15 is 0 Å². The first-order valence-corrected chi connectivity index (χ1v) is 8.89. The SMILES string of the molecule is O=C1CN(C[C@H]2CC2(c2ccccc2)c2ccccc2)CCCN1. The van der Waals surface area contributed by atoms with Crippen LogP contribution in [0, 0.1) is 5.92 Å². The maximum Gasteiger partial charge on any atom is 0.234 e. The summed E-state index contributed by atoms with van der Waals surface area (Å²) in [7, 11) is 0. The Labute approximate surface area is 143 Å². The molecule has 1 saturated heterocycles. The van der Waals surface area contributed by atoms with Crippen LogP contribution in [-0.4, -0.2) is 37.0 Å². The second kappa shape index (κ2) is 6.40. The van der Waals surface area contributed by atoms with Gasteiger partial charge in [-0.05, 0) is 29.9 Å². The fourth-order valence-electron chi connectivity index (χ4n) is 4.23. The predicted molar refractivity (Wildman–Crippen MR) is 95.8 cm³/mol. The normalized spacial score (nSPS) is 23.3. The zero-order chi connectivity index (χ0) is 16.4. The van der Waals surface area contributed by atoms with Gasteiger partial charge in [0.1, 0.15) is 0 Å². The zero-order valence-electron chi connectivity index (χ0n) is 13.9. The third kappa shape index (κ3) is 2.84. The van der Waals surface area contributed by atoms with Gasteiger partial charge in [0.05, 0.1) is 6.54 Å². The van der Waals surface area contributed by atoms with Gasteiger partial charge in [0.25, 0.3) is 0 Å². The molecule has 4 rings (SSSR count). The fraction of sp³-hybridized carbons (Fsp3) is 0.381. The molecular weight excluding hydrogens is 296 g/mol. The molecule has 0 spiro atoms. The topological polar surface area (TPSA) is 32.3 Å². The van der Waals surface area contributed by atoms with Crippen LogP contribution in [0.3, 0.4) is 0 Å². The molecule has 1 N–H and O–H groups in total. The maximum absolute atomic E-state index is 11.8. The molecule has 3 heteroatoms. The van der Waals surface area contributed by atoms with Gasteiger partial charge in [0.2, 0.25) is 5.91 Å². The maximum atomic E-state index is 11.8. The molecule has 0 aromatic heterocycles. The Morgan fingerprint density at radius 1 is 1.00 bits per heavy atom. The highest BCUT2D eigenvalue weighted by atomic mass is 16.2. The molecule has 2 aromatic carbocycles. The van der Waals surface area contributed by atoms with Crippen LogP contribution < -0.4 is 5.32 Å². The molecule has 3 nitrogen and oxygen atoms in total. The lowest BCUT2D eigenvalue weighted by Crippen LogP contribution is -2.35. The lowest BCUT2D eigenvalue weighted by Gasteiger charge is -2.23. The van der Waals surface area contributed by atoms with Gasteiger partial charge in [-0.25, -0.2) is 0 Å². The van der Waals surface area contributed by atoms with Crippen LogP contribution in [0.15, 0.2) is 60.7 Å². The van der Waals surface area contributed by atoms with Crippen LogP contribution in [0.1, 0.15) is 24.0 Å². The van der Waals surface area contributed by atoms with Gasteiger partial charge in [0, 0.05) is 25.0 Å². The monoisotopic (exact) mass is 320 g/mol. The van der Waals surface area contributed by atoms with Crippen molar-refractivity contribution >= 4 is 5.91 Å². The first kappa shape index (κ1) is 15.4. The molecule has 2 aromatic rings. The molecule has 124 valence electrons. The Hall–Kier alpha value is -2.13. The minimum absolute atomic E-state index is 0.116. The second-order valence-electron chi connectivity index (χ2n) is 7.04. The Morgan fingerprint density at radius 2 is 1.62 bits per heavy atom. The van der Waals surface area contributed by atoms with E-state index in [0.29, 0.717) is 12.5 Å². The second-order valence-corrected chi connectivity index (χ2v) is 7.04. The molecule has 24 heavy (non-hydrogen) atoms. The first-order chi connectivity index (χ1) is 11.8. The van der Waals surface area contributed by atoms with Gasteiger partial charge >= 0.3 is 0 Å². The van der Waals surface area contributed by atoms with E-state index in [9.17, 15) is 4.79 Å². The van der Waals surface area contributed by atoms with Crippen molar-refractivity contribution in [2.45, 2.75) is 18.3 Å². The van der Waals surface area contributed by atoms with Crippen LogP contribution >= 0.6 is 0 Å². The van der Waals surface area contributed by atoms with E-state index in [4.69, 9.17) is 0 Å². The van der Waals surface area contributed by atoms with E-state index in [1.165, 1.54) is 17.5 Å². The summed E-state index contributed by atoms with van der Waals surface area (Å²) in [6.45, 7) is 3.35. The van der Waals surface area contributed by atoms with E-state index in [0.717, 1.165) is 26.1 Å². The van der Waals surface area contributed by atoms with Gasteiger partial charge < -0.3 is 5.32 Å². The van der Waals surface area contributed by atoms with Crippen molar-refractivity contribution in [2.75, 3.05) is 26.2 Å². The van der Waals surface area contributed by atoms with E-state index in [1.807, 2.05) is 0 Å². The lowest BCUT2D eigenvalue weighted by atomic mass is 9.85. The largest absolute Gasteiger partial charge is 0.355 e. The average Bonchev–Trinajstić information content (AvgIpc) is 3.38. The molecule has 1 amide bonds. The van der Waals surface area contributed by atoms with E-state index in [2.05, 4.69) is 70.9 Å². The van der Waals surface area contributed by atoms with E-state index in [-0.39, 0.29) is 11.3 Å². The summed E-state index contributed by atoms with van der Waals surface area (Å²) < 4.78 is 0. The van der Waals surface area contributed by atoms with Crippen molar-refractivity contribution < 1.29 is 4.79 Å². The Bertz CT molecular complexity index is 659. The minimum atomic E-state index is 0.116. The molecule has 1 heterocycles. The molecule has 0 bridgehead atoms. The Kier molecular flexibility index (Phi) is 4.11. The smallest absolute Gasteiger partial charge is 0.234 e. The summed E-state index contributed by atoms with van der Waals surface area (Å²) in [5, 5.41) is 2.97. The van der Waals surface area contributed by atoms with Crippen LogP contribution in [0.4, 0.5) is 0 Å². The molecule has 1 saturated carbocycles. The molecule has 0 unspecified atom stereocenters. The fourth-order valence-corrected chi connectivity index (χ4v) is 4.23.